The van der Waals surface area contributed by atoms with Crippen molar-refractivity contribution >= 4 is 39.7 Å². The first kappa shape index (κ1) is 16.5. The van der Waals surface area contributed by atoms with Gasteiger partial charge in [-0.25, -0.2) is 0 Å². The summed E-state index contributed by atoms with van der Waals surface area (Å²) in [5.74, 6) is 0.735. The van der Waals surface area contributed by atoms with E-state index in [-0.39, 0.29) is 5.91 Å². The van der Waals surface area contributed by atoms with E-state index in [0.29, 0.717) is 17.2 Å². The first-order valence-corrected chi connectivity index (χ1v) is 9.08. The SMILES string of the molecule is CSc1c(NCCOCC2CC2)sc(C(=O)N(C)C)c1N. The molecule has 0 aliphatic heterocycles. The molecule has 2 rings (SSSR count). The lowest BCUT2D eigenvalue weighted by molar-refractivity contribution is 0.0833. The van der Waals surface area contributed by atoms with Crippen LogP contribution in [-0.2, 0) is 4.74 Å². The number of carbonyl (C=O) groups excluding carboxylic acids is 1. The number of nitrogens with zero attached hydrogens (tertiary/aromatic N) is 1. The third kappa shape index (κ3) is 4.28. The van der Waals surface area contributed by atoms with Gasteiger partial charge in [0.25, 0.3) is 5.91 Å². The van der Waals surface area contributed by atoms with Gasteiger partial charge in [-0.1, -0.05) is 0 Å². The van der Waals surface area contributed by atoms with Crippen LogP contribution in [-0.4, -0.2) is 50.9 Å². The van der Waals surface area contributed by atoms with Crippen LogP contribution in [0.25, 0.3) is 0 Å². The molecule has 0 bridgehead atoms. The molecule has 1 aromatic heterocycles. The molecule has 0 radical (unpaired) electrons. The number of anilines is 2. The number of nitrogen functional groups attached to an aromatic ring is 1. The maximum Gasteiger partial charge on any atom is 0.265 e. The van der Waals surface area contributed by atoms with E-state index in [1.165, 1.54) is 24.2 Å². The number of hydrogen-bond donors (Lipinski definition) is 2. The van der Waals surface area contributed by atoms with Gasteiger partial charge in [-0.05, 0) is 25.0 Å². The maximum atomic E-state index is 12.1. The third-order valence-electron chi connectivity index (χ3n) is 3.29. The molecule has 0 unspecified atom stereocenters. The third-order valence-corrected chi connectivity index (χ3v) is 5.40. The number of thioether (sulfide) groups is 1. The summed E-state index contributed by atoms with van der Waals surface area (Å²) >= 11 is 2.98. The molecular formula is C14H23N3O2S2. The Hall–Kier alpha value is -0.920. The van der Waals surface area contributed by atoms with E-state index in [1.807, 2.05) is 6.26 Å². The van der Waals surface area contributed by atoms with Crippen molar-refractivity contribution in [2.24, 2.45) is 5.92 Å². The number of nitrogens with one attached hydrogen (secondary N) is 1. The average molecular weight is 329 g/mol. The van der Waals surface area contributed by atoms with Gasteiger partial charge in [0, 0.05) is 27.2 Å². The van der Waals surface area contributed by atoms with Crippen LogP contribution in [0.3, 0.4) is 0 Å². The molecule has 1 saturated carbocycles. The smallest absolute Gasteiger partial charge is 0.265 e. The van der Waals surface area contributed by atoms with Crippen LogP contribution in [0.2, 0.25) is 0 Å². The number of amides is 1. The maximum absolute atomic E-state index is 12.1. The van der Waals surface area contributed by atoms with Gasteiger partial charge in [-0.2, -0.15) is 0 Å². The Morgan fingerprint density at radius 1 is 1.52 bits per heavy atom. The van der Waals surface area contributed by atoms with E-state index in [2.05, 4.69) is 5.32 Å². The zero-order valence-electron chi connectivity index (χ0n) is 12.8. The monoisotopic (exact) mass is 329 g/mol. The molecule has 1 aromatic rings. The van der Waals surface area contributed by atoms with E-state index >= 15 is 0 Å². The van der Waals surface area contributed by atoms with Crippen molar-refractivity contribution in [3.05, 3.63) is 4.88 Å². The zero-order valence-corrected chi connectivity index (χ0v) is 14.4. The summed E-state index contributed by atoms with van der Waals surface area (Å²) in [5, 5.41) is 4.29. The molecule has 3 N–H and O–H groups in total. The van der Waals surface area contributed by atoms with Crippen LogP contribution in [0.15, 0.2) is 4.90 Å². The lowest BCUT2D eigenvalue weighted by atomic mass is 10.3. The Balaban J connectivity index is 1.93. The summed E-state index contributed by atoms with van der Waals surface area (Å²) in [7, 11) is 3.47. The highest BCUT2D eigenvalue weighted by Gasteiger charge is 2.22. The Morgan fingerprint density at radius 2 is 2.24 bits per heavy atom. The molecule has 7 heteroatoms. The van der Waals surface area contributed by atoms with Gasteiger partial charge in [0.05, 0.1) is 17.2 Å². The lowest BCUT2D eigenvalue weighted by Gasteiger charge is -2.08. The van der Waals surface area contributed by atoms with E-state index in [4.69, 9.17) is 10.5 Å². The summed E-state index contributed by atoms with van der Waals surface area (Å²) in [4.78, 5) is 15.2. The highest BCUT2D eigenvalue weighted by atomic mass is 32.2. The number of rotatable bonds is 8. The summed E-state index contributed by atoms with van der Waals surface area (Å²) in [6.45, 7) is 2.28. The minimum atomic E-state index is -0.0502. The fourth-order valence-electron chi connectivity index (χ4n) is 1.88. The van der Waals surface area contributed by atoms with Crippen molar-refractivity contribution < 1.29 is 9.53 Å². The van der Waals surface area contributed by atoms with Gasteiger partial charge in [0.15, 0.2) is 0 Å². The molecule has 21 heavy (non-hydrogen) atoms. The molecule has 1 aliphatic rings. The fraction of sp³-hybridized carbons (Fsp3) is 0.643. The second-order valence-electron chi connectivity index (χ2n) is 5.35. The summed E-state index contributed by atoms with van der Waals surface area (Å²) in [6, 6.07) is 0. The van der Waals surface area contributed by atoms with Crippen LogP contribution in [0.1, 0.15) is 22.5 Å². The van der Waals surface area contributed by atoms with Gasteiger partial charge in [-0.3, -0.25) is 4.79 Å². The van der Waals surface area contributed by atoms with E-state index < -0.39 is 0 Å². The van der Waals surface area contributed by atoms with Gasteiger partial charge >= 0.3 is 0 Å². The number of ether oxygens (including phenoxy) is 1. The molecule has 1 aliphatic carbocycles. The van der Waals surface area contributed by atoms with Gasteiger partial charge in [0.2, 0.25) is 0 Å². The van der Waals surface area contributed by atoms with E-state index in [9.17, 15) is 4.79 Å². The van der Waals surface area contributed by atoms with Crippen molar-refractivity contribution in [3.63, 3.8) is 0 Å². The predicted molar refractivity (Wildman–Crippen MR) is 90.6 cm³/mol. The van der Waals surface area contributed by atoms with Gasteiger partial charge < -0.3 is 20.7 Å². The van der Waals surface area contributed by atoms with Crippen LogP contribution in [0, 0.1) is 5.92 Å². The minimum absolute atomic E-state index is 0.0502. The Labute approximate surface area is 134 Å². The van der Waals surface area contributed by atoms with Crippen LogP contribution in [0.5, 0.6) is 0 Å². The molecule has 118 valence electrons. The summed E-state index contributed by atoms with van der Waals surface area (Å²) < 4.78 is 5.60. The van der Waals surface area contributed by atoms with E-state index in [1.54, 1.807) is 30.8 Å². The van der Waals surface area contributed by atoms with Crippen LogP contribution in [0.4, 0.5) is 10.7 Å². The first-order valence-electron chi connectivity index (χ1n) is 7.04. The Bertz CT molecular complexity index is 499. The van der Waals surface area contributed by atoms with Crippen molar-refractivity contribution in [1.82, 2.24) is 4.90 Å². The minimum Gasteiger partial charge on any atom is -0.396 e. The number of hydrogen-bond acceptors (Lipinski definition) is 6. The topological polar surface area (TPSA) is 67.6 Å². The molecule has 0 atom stereocenters. The van der Waals surface area contributed by atoms with Gasteiger partial charge in [-0.15, -0.1) is 23.1 Å². The lowest BCUT2D eigenvalue weighted by Crippen LogP contribution is -2.21. The fourth-order valence-corrected chi connectivity index (χ4v) is 3.96. The predicted octanol–water partition coefficient (Wildman–Crippen LogP) is 2.59. The Kier molecular flexibility index (Phi) is 5.78. The number of nitrogens with two attached hydrogens (primary N) is 1. The van der Waals surface area contributed by atoms with Crippen molar-refractivity contribution in [2.45, 2.75) is 17.7 Å². The van der Waals surface area contributed by atoms with Crippen LogP contribution >= 0.6 is 23.1 Å². The van der Waals surface area contributed by atoms with Crippen molar-refractivity contribution in [1.29, 1.82) is 0 Å². The van der Waals surface area contributed by atoms with Crippen LogP contribution < -0.4 is 11.1 Å². The molecular weight excluding hydrogens is 306 g/mol. The molecule has 0 aromatic carbocycles. The zero-order chi connectivity index (χ0) is 15.4. The molecule has 1 fully saturated rings. The summed E-state index contributed by atoms with van der Waals surface area (Å²) in [6.07, 6.45) is 4.58. The molecule has 1 amide bonds. The Morgan fingerprint density at radius 3 is 2.81 bits per heavy atom. The highest BCUT2D eigenvalue weighted by molar-refractivity contribution is 7.99. The van der Waals surface area contributed by atoms with Crippen molar-refractivity contribution in [2.75, 3.05) is 51.2 Å². The second-order valence-corrected chi connectivity index (χ2v) is 7.19. The van der Waals surface area contributed by atoms with E-state index in [0.717, 1.165) is 29.0 Å². The molecule has 1 heterocycles. The number of thiophene rings is 1. The first-order chi connectivity index (χ1) is 10.0. The molecule has 5 nitrogen and oxygen atoms in total. The molecule has 0 spiro atoms. The normalized spacial score (nSPS) is 14.2. The average Bonchev–Trinajstić information content (AvgIpc) is 3.21. The number of carbonyl (C=O) groups is 1. The van der Waals surface area contributed by atoms with Gasteiger partial charge in [0.1, 0.15) is 9.88 Å². The second kappa shape index (κ2) is 7.38. The molecule has 0 saturated heterocycles. The highest BCUT2D eigenvalue weighted by Crippen LogP contribution is 2.41. The standard InChI is InChI=1S/C14H23N3O2S2/c1-17(2)14(18)12-10(15)11(20-3)13(21-12)16-6-7-19-8-9-4-5-9/h9,16H,4-8,15H2,1-3H3. The quantitative estimate of drug-likeness (QED) is 0.567. The largest absolute Gasteiger partial charge is 0.396 e. The van der Waals surface area contributed by atoms with Crippen molar-refractivity contribution in [3.8, 4) is 0 Å². The summed E-state index contributed by atoms with van der Waals surface area (Å²) in [5.41, 5.74) is 6.68.